The summed E-state index contributed by atoms with van der Waals surface area (Å²) in [6.07, 6.45) is 5.37. The van der Waals surface area contributed by atoms with Crippen LogP contribution in [0.25, 0.3) is 5.57 Å². The van der Waals surface area contributed by atoms with Crippen molar-refractivity contribution in [3.63, 3.8) is 0 Å². The van der Waals surface area contributed by atoms with Gasteiger partial charge in [-0.2, -0.15) is 0 Å². The highest BCUT2D eigenvalue weighted by molar-refractivity contribution is 5.68. The number of nitrogens with zero attached hydrogens (tertiary/aromatic N) is 1. The molecule has 0 bridgehead atoms. The van der Waals surface area contributed by atoms with Gasteiger partial charge < -0.3 is 15.6 Å². The average molecular weight is 177 g/mol. The summed E-state index contributed by atoms with van der Waals surface area (Å²) >= 11 is 0. The standard InChI is InChI=1S/C10H15N3/c1-13-4-2-8(3-5-13)9-6-10(11)12-7-9/h2,6-7,12H,3-5,11H2,1H3. The number of H-pyrrole nitrogens is 1. The highest BCUT2D eigenvalue weighted by Gasteiger charge is 2.09. The quantitative estimate of drug-likeness (QED) is 0.679. The summed E-state index contributed by atoms with van der Waals surface area (Å²) in [6.45, 7) is 2.18. The molecule has 0 aliphatic carbocycles. The average Bonchev–Trinajstić information content (AvgIpc) is 2.53. The van der Waals surface area contributed by atoms with E-state index in [9.17, 15) is 0 Å². The summed E-state index contributed by atoms with van der Waals surface area (Å²) in [5.41, 5.74) is 8.27. The van der Waals surface area contributed by atoms with E-state index < -0.39 is 0 Å². The van der Waals surface area contributed by atoms with Gasteiger partial charge in [-0.05, 0) is 30.7 Å². The van der Waals surface area contributed by atoms with E-state index in [1.54, 1.807) is 0 Å². The van der Waals surface area contributed by atoms with Gasteiger partial charge in [-0.15, -0.1) is 0 Å². The number of aromatic nitrogens is 1. The normalized spacial score (nSPS) is 18.7. The molecular weight excluding hydrogens is 162 g/mol. The number of aromatic amines is 1. The van der Waals surface area contributed by atoms with Crippen LogP contribution in [-0.2, 0) is 0 Å². The highest BCUT2D eigenvalue weighted by Crippen LogP contribution is 2.22. The first kappa shape index (κ1) is 8.38. The van der Waals surface area contributed by atoms with Gasteiger partial charge in [0, 0.05) is 19.3 Å². The van der Waals surface area contributed by atoms with Crippen molar-refractivity contribution in [1.29, 1.82) is 0 Å². The predicted octanol–water partition coefficient (Wildman–Crippen LogP) is 1.32. The third-order valence-corrected chi connectivity index (χ3v) is 2.49. The first-order valence-corrected chi connectivity index (χ1v) is 4.57. The van der Waals surface area contributed by atoms with Crippen LogP contribution in [-0.4, -0.2) is 30.0 Å². The van der Waals surface area contributed by atoms with E-state index in [2.05, 4.69) is 23.0 Å². The topological polar surface area (TPSA) is 45.0 Å². The van der Waals surface area contributed by atoms with Gasteiger partial charge >= 0.3 is 0 Å². The molecule has 0 saturated heterocycles. The summed E-state index contributed by atoms with van der Waals surface area (Å²) in [5.74, 6) is 0.745. The Bertz CT molecular complexity index is 325. The summed E-state index contributed by atoms with van der Waals surface area (Å²) < 4.78 is 0. The first-order valence-electron chi connectivity index (χ1n) is 4.57. The summed E-state index contributed by atoms with van der Waals surface area (Å²) in [5, 5.41) is 0. The van der Waals surface area contributed by atoms with E-state index in [4.69, 9.17) is 5.73 Å². The molecule has 1 aliphatic heterocycles. The number of likely N-dealkylation sites (N-methyl/N-ethyl adjacent to an activating group) is 1. The van der Waals surface area contributed by atoms with Crippen molar-refractivity contribution in [2.75, 3.05) is 25.9 Å². The Morgan fingerprint density at radius 1 is 1.54 bits per heavy atom. The molecular formula is C10H15N3. The predicted molar refractivity (Wildman–Crippen MR) is 55.3 cm³/mol. The van der Waals surface area contributed by atoms with Crippen molar-refractivity contribution in [1.82, 2.24) is 9.88 Å². The fourth-order valence-corrected chi connectivity index (χ4v) is 1.63. The molecule has 0 unspecified atom stereocenters. The molecule has 2 rings (SSSR count). The molecule has 1 aliphatic rings. The van der Waals surface area contributed by atoms with Crippen molar-refractivity contribution in [2.45, 2.75) is 6.42 Å². The smallest absolute Gasteiger partial charge is 0.101 e. The minimum absolute atomic E-state index is 0.745. The highest BCUT2D eigenvalue weighted by atomic mass is 15.1. The molecule has 3 N–H and O–H groups in total. The SMILES string of the molecule is CN1CC=C(c2c[nH]c(N)c2)CC1. The third kappa shape index (κ3) is 1.75. The number of nitrogens with two attached hydrogens (primary N) is 1. The molecule has 0 aromatic carbocycles. The van der Waals surface area contributed by atoms with Crippen LogP contribution in [0.4, 0.5) is 5.82 Å². The first-order chi connectivity index (χ1) is 6.25. The molecule has 0 spiro atoms. The number of nitrogen functional groups attached to an aromatic ring is 1. The van der Waals surface area contributed by atoms with Gasteiger partial charge in [0.25, 0.3) is 0 Å². The van der Waals surface area contributed by atoms with Gasteiger partial charge in [-0.3, -0.25) is 0 Å². The minimum Gasteiger partial charge on any atom is -0.385 e. The van der Waals surface area contributed by atoms with Gasteiger partial charge in [0.1, 0.15) is 5.82 Å². The molecule has 1 aromatic rings. The van der Waals surface area contributed by atoms with Crippen LogP contribution < -0.4 is 5.73 Å². The number of anilines is 1. The molecule has 3 nitrogen and oxygen atoms in total. The molecule has 0 saturated carbocycles. The maximum Gasteiger partial charge on any atom is 0.101 e. The Morgan fingerprint density at radius 2 is 2.38 bits per heavy atom. The monoisotopic (exact) mass is 177 g/mol. The van der Waals surface area contributed by atoms with E-state index in [-0.39, 0.29) is 0 Å². The van der Waals surface area contributed by atoms with Crippen LogP contribution in [0.1, 0.15) is 12.0 Å². The summed E-state index contributed by atoms with van der Waals surface area (Å²) in [7, 11) is 2.14. The zero-order valence-electron chi connectivity index (χ0n) is 7.88. The van der Waals surface area contributed by atoms with Gasteiger partial charge in [0.2, 0.25) is 0 Å². The second-order valence-corrected chi connectivity index (χ2v) is 3.59. The fourth-order valence-electron chi connectivity index (χ4n) is 1.63. The van der Waals surface area contributed by atoms with Crippen LogP contribution in [0.5, 0.6) is 0 Å². The Morgan fingerprint density at radius 3 is 2.92 bits per heavy atom. The molecule has 3 heteroatoms. The zero-order valence-corrected chi connectivity index (χ0v) is 7.88. The Hall–Kier alpha value is -1.22. The van der Waals surface area contributed by atoms with E-state index in [0.717, 1.165) is 25.3 Å². The van der Waals surface area contributed by atoms with Gasteiger partial charge in [-0.25, -0.2) is 0 Å². The summed E-state index contributed by atoms with van der Waals surface area (Å²) in [4.78, 5) is 5.31. The van der Waals surface area contributed by atoms with Crippen LogP contribution >= 0.6 is 0 Å². The van der Waals surface area contributed by atoms with E-state index in [1.165, 1.54) is 11.1 Å². The van der Waals surface area contributed by atoms with Crippen molar-refractivity contribution in [3.05, 3.63) is 23.9 Å². The lowest BCUT2D eigenvalue weighted by Gasteiger charge is -2.21. The Labute approximate surface area is 78.2 Å². The van der Waals surface area contributed by atoms with E-state index in [1.807, 2.05) is 12.3 Å². The Balaban J connectivity index is 2.18. The maximum atomic E-state index is 5.62. The lowest BCUT2D eigenvalue weighted by Crippen LogP contribution is -2.23. The fraction of sp³-hybridized carbons (Fsp3) is 0.400. The number of rotatable bonds is 1. The van der Waals surface area contributed by atoms with Crippen LogP contribution in [0.2, 0.25) is 0 Å². The van der Waals surface area contributed by atoms with Crippen LogP contribution in [0.3, 0.4) is 0 Å². The second-order valence-electron chi connectivity index (χ2n) is 3.59. The van der Waals surface area contributed by atoms with E-state index >= 15 is 0 Å². The molecule has 0 atom stereocenters. The van der Waals surface area contributed by atoms with Crippen LogP contribution in [0, 0.1) is 0 Å². The molecule has 2 heterocycles. The minimum atomic E-state index is 0.745. The largest absolute Gasteiger partial charge is 0.385 e. The second kappa shape index (κ2) is 3.26. The van der Waals surface area contributed by atoms with Crippen LogP contribution in [0.15, 0.2) is 18.3 Å². The third-order valence-electron chi connectivity index (χ3n) is 2.49. The molecule has 13 heavy (non-hydrogen) atoms. The maximum absolute atomic E-state index is 5.62. The summed E-state index contributed by atoms with van der Waals surface area (Å²) in [6, 6.07) is 2.00. The lowest BCUT2D eigenvalue weighted by atomic mass is 10.0. The molecule has 0 fully saturated rings. The number of hydrogen-bond donors (Lipinski definition) is 2. The number of nitrogens with one attached hydrogen (secondary N) is 1. The van der Waals surface area contributed by atoms with Gasteiger partial charge in [-0.1, -0.05) is 6.08 Å². The van der Waals surface area contributed by atoms with Crippen molar-refractivity contribution in [3.8, 4) is 0 Å². The van der Waals surface area contributed by atoms with E-state index in [0.29, 0.717) is 0 Å². The van der Waals surface area contributed by atoms with Crippen molar-refractivity contribution < 1.29 is 0 Å². The van der Waals surface area contributed by atoms with Crippen molar-refractivity contribution >= 4 is 11.4 Å². The molecule has 0 amide bonds. The zero-order chi connectivity index (χ0) is 9.26. The number of hydrogen-bond acceptors (Lipinski definition) is 2. The van der Waals surface area contributed by atoms with Gasteiger partial charge in [0.15, 0.2) is 0 Å². The van der Waals surface area contributed by atoms with Crippen molar-refractivity contribution in [2.24, 2.45) is 0 Å². The lowest BCUT2D eigenvalue weighted by molar-refractivity contribution is 0.370. The molecule has 1 aromatic heterocycles. The Kier molecular flexibility index (Phi) is 2.10. The van der Waals surface area contributed by atoms with Gasteiger partial charge in [0.05, 0.1) is 0 Å². The molecule has 0 radical (unpaired) electrons. The molecule has 70 valence electrons.